The topological polar surface area (TPSA) is 29.5 Å². The largest absolute Gasteiger partial charge is 0.497 e. The minimum atomic E-state index is -1.06. The molecule has 1 aliphatic rings. The van der Waals surface area contributed by atoms with E-state index in [0.29, 0.717) is 19.0 Å². The van der Waals surface area contributed by atoms with Gasteiger partial charge in [0, 0.05) is 13.1 Å². The zero-order valence-corrected chi connectivity index (χ0v) is 14.9. The van der Waals surface area contributed by atoms with Gasteiger partial charge in [0.2, 0.25) is 0 Å². The van der Waals surface area contributed by atoms with Crippen molar-refractivity contribution in [3.8, 4) is 5.75 Å². The van der Waals surface area contributed by atoms with E-state index in [9.17, 15) is 13.6 Å². The lowest BCUT2D eigenvalue weighted by Crippen LogP contribution is -2.39. The fraction of sp³-hybridized carbons (Fsp3) is 0.381. The summed E-state index contributed by atoms with van der Waals surface area (Å²) in [6.07, 6.45) is 3.82. The normalized spacial score (nSPS) is 15.1. The highest BCUT2D eigenvalue weighted by Crippen LogP contribution is 2.25. The molecule has 0 aromatic heterocycles. The molecular formula is C21H23F2NO2. The molecule has 0 aliphatic carbocycles. The first-order chi connectivity index (χ1) is 12.6. The van der Waals surface area contributed by atoms with Crippen LogP contribution in [0.25, 0.3) is 0 Å². The summed E-state index contributed by atoms with van der Waals surface area (Å²) in [5, 5.41) is 0. The van der Waals surface area contributed by atoms with E-state index in [0.717, 1.165) is 37.5 Å². The predicted octanol–water partition coefficient (Wildman–Crippen LogP) is 4.46. The van der Waals surface area contributed by atoms with Crippen molar-refractivity contribution in [1.82, 2.24) is 4.90 Å². The molecule has 3 nitrogen and oxygen atoms in total. The van der Waals surface area contributed by atoms with Crippen LogP contribution in [0.1, 0.15) is 35.2 Å². The number of halogens is 2. The van der Waals surface area contributed by atoms with Crippen molar-refractivity contribution in [2.75, 3.05) is 20.2 Å². The number of methoxy groups -OCH3 is 1. The Morgan fingerprint density at radius 1 is 1.12 bits per heavy atom. The number of benzene rings is 2. The fourth-order valence-electron chi connectivity index (χ4n) is 3.43. The van der Waals surface area contributed by atoms with Crippen molar-refractivity contribution >= 4 is 5.91 Å². The highest BCUT2D eigenvalue weighted by Gasteiger charge is 2.26. The summed E-state index contributed by atoms with van der Waals surface area (Å²) in [7, 11) is 1.65. The number of hydrogen-bond acceptors (Lipinski definition) is 2. The standard InChI is InChI=1S/C21H23F2NO2/c1-26-17-9-7-15(8-10-17)5-6-16-11-13-24(14-12-16)21(25)18-3-2-4-19(22)20(18)23/h2-4,7-10,16H,5-6,11-14H2,1H3. The van der Waals surface area contributed by atoms with E-state index in [1.54, 1.807) is 12.0 Å². The highest BCUT2D eigenvalue weighted by molar-refractivity contribution is 5.94. The summed E-state index contributed by atoms with van der Waals surface area (Å²) in [5.74, 6) is -1.07. The Kier molecular flexibility index (Phi) is 5.86. The molecule has 1 fully saturated rings. The van der Waals surface area contributed by atoms with Crippen LogP contribution in [0.2, 0.25) is 0 Å². The van der Waals surface area contributed by atoms with E-state index in [4.69, 9.17) is 4.74 Å². The number of ether oxygens (including phenoxy) is 1. The van der Waals surface area contributed by atoms with Gasteiger partial charge < -0.3 is 9.64 Å². The summed E-state index contributed by atoms with van der Waals surface area (Å²) in [4.78, 5) is 14.1. The van der Waals surface area contributed by atoms with E-state index in [1.165, 1.54) is 17.7 Å². The molecule has 138 valence electrons. The maximum absolute atomic E-state index is 13.8. The Hall–Kier alpha value is -2.43. The van der Waals surface area contributed by atoms with Gasteiger partial charge in [-0.1, -0.05) is 18.2 Å². The maximum atomic E-state index is 13.8. The first-order valence-corrected chi connectivity index (χ1v) is 8.94. The summed E-state index contributed by atoms with van der Waals surface area (Å²) in [6.45, 7) is 1.17. The van der Waals surface area contributed by atoms with Crippen molar-refractivity contribution in [2.24, 2.45) is 5.92 Å². The van der Waals surface area contributed by atoms with E-state index in [1.807, 2.05) is 12.1 Å². The smallest absolute Gasteiger partial charge is 0.256 e. The molecule has 0 spiro atoms. The Labute approximate surface area is 152 Å². The number of carbonyl (C=O) groups is 1. The van der Waals surface area contributed by atoms with Crippen LogP contribution in [0.5, 0.6) is 5.75 Å². The quantitative estimate of drug-likeness (QED) is 0.789. The van der Waals surface area contributed by atoms with Crippen LogP contribution < -0.4 is 4.74 Å². The number of amides is 1. The molecule has 1 amide bonds. The number of rotatable bonds is 5. The van der Waals surface area contributed by atoms with Gasteiger partial charge in [-0.25, -0.2) is 8.78 Å². The second kappa shape index (κ2) is 8.30. The number of nitrogens with zero attached hydrogens (tertiary/aromatic N) is 1. The minimum Gasteiger partial charge on any atom is -0.497 e. The number of aryl methyl sites for hydroxylation is 1. The molecule has 3 rings (SSSR count). The monoisotopic (exact) mass is 359 g/mol. The average Bonchev–Trinajstić information content (AvgIpc) is 2.69. The zero-order valence-electron chi connectivity index (χ0n) is 14.9. The lowest BCUT2D eigenvalue weighted by atomic mass is 9.90. The molecule has 5 heteroatoms. The average molecular weight is 359 g/mol. The number of carbonyl (C=O) groups excluding carboxylic acids is 1. The number of hydrogen-bond donors (Lipinski definition) is 0. The molecule has 0 radical (unpaired) electrons. The van der Waals surface area contributed by atoms with Gasteiger partial charge in [0.25, 0.3) is 5.91 Å². The number of likely N-dealkylation sites (tertiary alicyclic amines) is 1. The Balaban J connectivity index is 1.50. The van der Waals surface area contributed by atoms with Crippen LogP contribution in [0.15, 0.2) is 42.5 Å². The molecule has 1 saturated heterocycles. The molecule has 0 atom stereocenters. The zero-order chi connectivity index (χ0) is 18.5. The van der Waals surface area contributed by atoms with Crippen LogP contribution in [0.3, 0.4) is 0 Å². The summed E-state index contributed by atoms with van der Waals surface area (Å²) in [5.41, 5.74) is 1.09. The lowest BCUT2D eigenvalue weighted by molar-refractivity contribution is 0.0681. The fourth-order valence-corrected chi connectivity index (χ4v) is 3.43. The van der Waals surface area contributed by atoms with E-state index < -0.39 is 17.5 Å². The van der Waals surface area contributed by atoms with Crippen LogP contribution in [0, 0.1) is 17.6 Å². The van der Waals surface area contributed by atoms with Crippen LogP contribution in [-0.4, -0.2) is 31.0 Å². The number of piperidine rings is 1. The second-order valence-corrected chi connectivity index (χ2v) is 6.72. The molecular weight excluding hydrogens is 336 g/mol. The molecule has 1 aliphatic heterocycles. The van der Waals surface area contributed by atoms with Crippen molar-refractivity contribution in [2.45, 2.75) is 25.7 Å². The molecule has 0 N–H and O–H groups in total. The van der Waals surface area contributed by atoms with Crippen LogP contribution >= 0.6 is 0 Å². The highest BCUT2D eigenvalue weighted by atomic mass is 19.2. The van der Waals surface area contributed by atoms with Gasteiger partial charge in [0.05, 0.1) is 12.7 Å². The first-order valence-electron chi connectivity index (χ1n) is 8.94. The van der Waals surface area contributed by atoms with Gasteiger partial charge in [-0.15, -0.1) is 0 Å². The Morgan fingerprint density at radius 3 is 2.46 bits per heavy atom. The summed E-state index contributed by atoms with van der Waals surface area (Å²) in [6, 6.07) is 11.8. The van der Waals surface area contributed by atoms with E-state index in [2.05, 4.69) is 12.1 Å². The molecule has 2 aromatic carbocycles. The molecule has 0 bridgehead atoms. The van der Waals surface area contributed by atoms with Gasteiger partial charge >= 0.3 is 0 Å². The van der Waals surface area contributed by atoms with Gasteiger partial charge in [-0.2, -0.15) is 0 Å². The molecule has 0 unspecified atom stereocenters. The SMILES string of the molecule is COc1ccc(CCC2CCN(C(=O)c3cccc(F)c3F)CC2)cc1. The summed E-state index contributed by atoms with van der Waals surface area (Å²) < 4.78 is 32.3. The molecule has 1 heterocycles. The Morgan fingerprint density at radius 2 is 1.81 bits per heavy atom. The van der Waals surface area contributed by atoms with Gasteiger partial charge in [0.1, 0.15) is 5.75 Å². The third kappa shape index (κ3) is 4.21. The van der Waals surface area contributed by atoms with E-state index >= 15 is 0 Å². The predicted molar refractivity (Wildman–Crippen MR) is 96.3 cm³/mol. The molecule has 2 aromatic rings. The van der Waals surface area contributed by atoms with Gasteiger partial charge in [-0.05, 0) is 61.4 Å². The molecule has 0 saturated carbocycles. The Bertz CT molecular complexity index is 753. The third-order valence-corrected chi connectivity index (χ3v) is 5.08. The lowest BCUT2D eigenvalue weighted by Gasteiger charge is -2.32. The van der Waals surface area contributed by atoms with Crippen LogP contribution in [-0.2, 0) is 6.42 Å². The van der Waals surface area contributed by atoms with Gasteiger partial charge in [-0.3, -0.25) is 4.79 Å². The van der Waals surface area contributed by atoms with Crippen molar-refractivity contribution in [3.05, 3.63) is 65.2 Å². The summed E-state index contributed by atoms with van der Waals surface area (Å²) >= 11 is 0. The molecule has 26 heavy (non-hydrogen) atoms. The van der Waals surface area contributed by atoms with Crippen molar-refractivity contribution < 1.29 is 18.3 Å². The van der Waals surface area contributed by atoms with Crippen LogP contribution in [0.4, 0.5) is 8.78 Å². The minimum absolute atomic E-state index is 0.179. The maximum Gasteiger partial charge on any atom is 0.256 e. The van der Waals surface area contributed by atoms with Crippen molar-refractivity contribution in [1.29, 1.82) is 0 Å². The van der Waals surface area contributed by atoms with Gasteiger partial charge in [0.15, 0.2) is 11.6 Å². The second-order valence-electron chi connectivity index (χ2n) is 6.72. The third-order valence-electron chi connectivity index (χ3n) is 5.08. The van der Waals surface area contributed by atoms with E-state index in [-0.39, 0.29) is 5.56 Å². The van der Waals surface area contributed by atoms with Crippen molar-refractivity contribution in [3.63, 3.8) is 0 Å². The first kappa shape index (κ1) is 18.4.